The Morgan fingerprint density at radius 2 is 1.90 bits per heavy atom. The lowest BCUT2D eigenvalue weighted by molar-refractivity contribution is -0.385. The zero-order chi connectivity index (χ0) is 15.6. The largest absolute Gasteiger partial charge is 0.477 e. The van der Waals surface area contributed by atoms with Crippen LogP contribution in [-0.4, -0.2) is 16.0 Å². The lowest BCUT2D eigenvalue weighted by Crippen LogP contribution is -2.02. The van der Waals surface area contributed by atoms with Crippen molar-refractivity contribution < 1.29 is 19.6 Å². The first-order valence-corrected chi connectivity index (χ1v) is 6.28. The van der Waals surface area contributed by atoms with Crippen LogP contribution in [0.15, 0.2) is 36.4 Å². The number of carbonyl (C=O) groups is 1. The first-order valence-electron chi connectivity index (χ1n) is 5.53. The van der Waals surface area contributed by atoms with Gasteiger partial charge in [-0.2, -0.15) is 0 Å². The van der Waals surface area contributed by atoms with Gasteiger partial charge >= 0.3 is 5.97 Å². The summed E-state index contributed by atoms with van der Waals surface area (Å²) in [5.74, 6) is -1.05. The third-order valence-electron chi connectivity index (χ3n) is 2.52. The van der Waals surface area contributed by atoms with E-state index in [9.17, 15) is 14.9 Å². The number of halogens is 2. The molecule has 0 amide bonds. The highest BCUT2D eigenvalue weighted by Gasteiger charge is 2.21. The normalized spacial score (nSPS) is 10.2. The van der Waals surface area contributed by atoms with Crippen molar-refractivity contribution in [3.63, 3.8) is 0 Å². The molecule has 108 valence electrons. The highest BCUT2D eigenvalue weighted by Crippen LogP contribution is 2.33. The maximum atomic E-state index is 10.9. The predicted octanol–water partition coefficient (Wildman–Crippen LogP) is 4.39. The molecular weight excluding hydrogens is 321 g/mol. The summed E-state index contributed by atoms with van der Waals surface area (Å²) >= 11 is 11.7. The van der Waals surface area contributed by atoms with E-state index in [0.717, 1.165) is 12.1 Å². The fourth-order valence-corrected chi connectivity index (χ4v) is 2.04. The number of benzene rings is 2. The van der Waals surface area contributed by atoms with Gasteiger partial charge in [0.15, 0.2) is 0 Å². The number of carboxylic acids is 1. The zero-order valence-electron chi connectivity index (χ0n) is 10.2. The standard InChI is InChI=1S/C13H7Cl2NO5/c14-7-1-4-12(10(15)5-7)21-8-2-3-9(13(17)18)11(6-8)16(19)20/h1-6H,(H,17,18). The van der Waals surface area contributed by atoms with Gasteiger partial charge in [0, 0.05) is 5.02 Å². The van der Waals surface area contributed by atoms with Crippen LogP contribution in [0.1, 0.15) is 10.4 Å². The van der Waals surface area contributed by atoms with E-state index in [4.69, 9.17) is 33.0 Å². The summed E-state index contributed by atoms with van der Waals surface area (Å²) in [5.41, 5.74) is -0.986. The molecule has 1 N–H and O–H groups in total. The predicted molar refractivity (Wildman–Crippen MR) is 76.6 cm³/mol. The quantitative estimate of drug-likeness (QED) is 0.664. The van der Waals surface area contributed by atoms with Gasteiger partial charge in [0.05, 0.1) is 16.0 Å². The van der Waals surface area contributed by atoms with Crippen molar-refractivity contribution in [3.8, 4) is 11.5 Å². The molecule has 0 atom stereocenters. The minimum absolute atomic E-state index is 0.0934. The summed E-state index contributed by atoms with van der Waals surface area (Å²) in [6.07, 6.45) is 0. The molecule has 0 saturated carbocycles. The van der Waals surface area contributed by atoms with Gasteiger partial charge < -0.3 is 9.84 Å². The number of carboxylic acid groups (broad SMARTS) is 1. The molecule has 0 bridgehead atoms. The lowest BCUT2D eigenvalue weighted by Gasteiger charge is -2.08. The molecule has 0 heterocycles. The van der Waals surface area contributed by atoms with Gasteiger partial charge in [-0.1, -0.05) is 23.2 Å². The second kappa shape index (κ2) is 5.99. The van der Waals surface area contributed by atoms with E-state index in [2.05, 4.69) is 0 Å². The van der Waals surface area contributed by atoms with Crippen molar-refractivity contribution in [1.82, 2.24) is 0 Å². The number of nitro benzene ring substituents is 1. The Labute approximate surface area is 128 Å². The molecule has 0 aliphatic heterocycles. The van der Waals surface area contributed by atoms with Gasteiger partial charge in [-0.3, -0.25) is 10.1 Å². The van der Waals surface area contributed by atoms with E-state index in [1.165, 1.54) is 18.2 Å². The molecular formula is C13H7Cl2NO5. The van der Waals surface area contributed by atoms with Gasteiger partial charge in [0.1, 0.15) is 17.1 Å². The minimum Gasteiger partial charge on any atom is -0.477 e. The van der Waals surface area contributed by atoms with Crippen LogP contribution < -0.4 is 4.74 Å². The molecule has 0 aliphatic rings. The third-order valence-corrected chi connectivity index (χ3v) is 3.05. The summed E-state index contributed by atoms with van der Waals surface area (Å²) < 4.78 is 5.40. The van der Waals surface area contributed by atoms with Crippen molar-refractivity contribution in [3.05, 3.63) is 62.1 Å². The number of rotatable bonds is 4. The van der Waals surface area contributed by atoms with Gasteiger partial charge in [-0.15, -0.1) is 0 Å². The summed E-state index contributed by atoms with van der Waals surface area (Å²) in [5, 5.41) is 20.4. The fourth-order valence-electron chi connectivity index (χ4n) is 1.59. The van der Waals surface area contributed by atoms with Crippen LogP contribution in [-0.2, 0) is 0 Å². The van der Waals surface area contributed by atoms with Crippen molar-refractivity contribution in [1.29, 1.82) is 0 Å². The Hall–Kier alpha value is -2.31. The second-order valence-electron chi connectivity index (χ2n) is 3.92. The molecule has 0 spiro atoms. The second-order valence-corrected chi connectivity index (χ2v) is 4.76. The molecule has 6 nitrogen and oxygen atoms in total. The van der Waals surface area contributed by atoms with Crippen LogP contribution in [0.5, 0.6) is 11.5 Å². The molecule has 2 aromatic rings. The first kappa shape index (κ1) is 15.1. The van der Waals surface area contributed by atoms with E-state index in [1.54, 1.807) is 6.07 Å². The number of aromatic carboxylic acids is 1. The Morgan fingerprint density at radius 1 is 1.19 bits per heavy atom. The van der Waals surface area contributed by atoms with Crippen LogP contribution >= 0.6 is 23.2 Å². The zero-order valence-corrected chi connectivity index (χ0v) is 11.8. The van der Waals surface area contributed by atoms with E-state index in [-0.39, 0.29) is 16.5 Å². The molecule has 0 radical (unpaired) electrons. The van der Waals surface area contributed by atoms with Crippen molar-refractivity contribution in [2.45, 2.75) is 0 Å². The first-order chi connectivity index (χ1) is 9.88. The third kappa shape index (κ3) is 3.42. The molecule has 0 unspecified atom stereocenters. The maximum absolute atomic E-state index is 10.9. The van der Waals surface area contributed by atoms with Crippen molar-refractivity contribution in [2.24, 2.45) is 0 Å². The molecule has 2 aromatic carbocycles. The smallest absolute Gasteiger partial charge is 0.342 e. The van der Waals surface area contributed by atoms with Gasteiger partial charge in [-0.05, 0) is 30.3 Å². The summed E-state index contributed by atoms with van der Waals surface area (Å²) in [6, 6.07) is 7.93. The Morgan fingerprint density at radius 3 is 2.48 bits per heavy atom. The van der Waals surface area contributed by atoms with E-state index < -0.39 is 22.1 Å². The van der Waals surface area contributed by atoms with Crippen LogP contribution in [0.2, 0.25) is 10.0 Å². The van der Waals surface area contributed by atoms with E-state index in [1.807, 2.05) is 0 Å². The summed E-state index contributed by atoms with van der Waals surface area (Å²) in [7, 11) is 0. The molecule has 0 aromatic heterocycles. The number of nitro groups is 1. The van der Waals surface area contributed by atoms with Crippen molar-refractivity contribution >= 4 is 34.9 Å². The van der Waals surface area contributed by atoms with E-state index >= 15 is 0 Å². The molecule has 21 heavy (non-hydrogen) atoms. The minimum atomic E-state index is -1.39. The Bertz CT molecular complexity index is 732. The average Bonchev–Trinajstić information content (AvgIpc) is 2.41. The van der Waals surface area contributed by atoms with Crippen LogP contribution in [0, 0.1) is 10.1 Å². The maximum Gasteiger partial charge on any atom is 0.342 e. The van der Waals surface area contributed by atoms with Crippen molar-refractivity contribution in [2.75, 3.05) is 0 Å². The summed E-state index contributed by atoms with van der Waals surface area (Å²) in [6.45, 7) is 0. The average molecular weight is 328 g/mol. The van der Waals surface area contributed by atoms with Crippen LogP contribution in [0.3, 0.4) is 0 Å². The number of hydrogen-bond donors (Lipinski definition) is 1. The summed E-state index contributed by atoms with van der Waals surface area (Å²) in [4.78, 5) is 21.0. The molecule has 0 aliphatic carbocycles. The number of nitrogens with zero attached hydrogens (tertiary/aromatic N) is 1. The topological polar surface area (TPSA) is 89.7 Å². The van der Waals surface area contributed by atoms with Crippen LogP contribution in [0.4, 0.5) is 5.69 Å². The SMILES string of the molecule is O=C(O)c1ccc(Oc2ccc(Cl)cc2Cl)cc1[N+](=O)[O-]. The van der Waals surface area contributed by atoms with E-state index in [0.29, 0.717) is 5.02 Å². The molecule has 2 rings (SSSR count). The highest BCUT2D eigenvalue weighted by atomic mass is 35.5. The van der Waals surface area contributed by atoms with Crippen LogP contribution in [0.25, 0.3) is 0 Å². The molecule has 0 fully saturated rings. The molecule has 0 saturated heterocycles. The Balaban J connectivity index is 2.39. The molecule has 8 heteroatoms. The van der Waals surface area contributed by atoms with Gasteiger partial charge in [-0.25, -0.2) is 4.79 Å². The number of ether oxygens (including phenoxy) is 1. The highest BCUT2D eigenvalue weighted by molar-refractivity contribution is 6.35. The van der Waals surface area contributed by atoms with Gasteiger partial charge in [0.2, 0.25) is 0 Å². The van der Waals surface area contributed by atoms with Gasteiger partial charge in [0.25, 0.3) is 5.69 Å². The lowest BCUT2D eigenvalue weighted by atomic mass is 10.1. The Kier molecular flexibility index (Phi) is 4.30. The fraction of sp³-hybridized carbons (Fsp3) is 0. The monoisotopic (exact) mass is 327 g/mol. The number of hydrogen-bond acceptors (Lipinski definition) is 4.